The third-order valence-corrected chi connectivity index (χ3v) is 4.98. The third kappa shape index (κ3) is 4.01. The van der Waals surface area contributed by atoms with E-state index in [1.165, 1.54) is 5.56 Å². The van der Waals surface area contributed by atoms with Crippen LogP contribution in [0, 0.1) is 0 Å². The number of hydrogen-bond donors (Lipinski definition) is 0. The van der Waals surface area contributed by atoms with Gasteiger partial charge in [0.25, 0.3) is 0 Å². The van der Waals surface area contributed by atoms with E-state index in [0.29, 0.717) is 0 Å². The minimum atomic E-state index is 0.768. The van der Waals surface area contributed by atoms with E-state index in [1.807, 2.05) is 25.2 Å². The molecular weight excluding hydrogens is 320 g/mol. The Labute approximate surface area is 139 Å². The maximum atomic E-state index is 6.01. The molecule has 0 saturated carbocycles. The van der Waals surface area contributed by atoms with Crippen molar-refractivity contribution in [1.29, 1.82) is 0 Å². The molecule has 0 atom stereocenters. The molecule has 7 heteroatoms. The molecule has 3 rings (SSSR count). The molecule has 0 spiro atoms. The SMILES string of the molecule is Cn1c(CN2CCOCC2)nnc1SCc1cccc(Cl)c1. The first-order valence-electron chi connectivity index (χ1n) is 7.28. The van der Waals surface area contributed by atoms with Gasteiger partial charge in [0.2, 0.25) is 0 Å². The first-order valence-corrected chi connectivity index (χ1v) is 8.64. The van der Waals surface area contributed by atoms with Gasteiger partial charge in [-0.3, -0.25) is 4.90 Å². The lowest BCUT2D eigenvalue weighted by Crippen LogP contribution is -2.36. The molecule has 0 unspecified atom stereocenters. The van der Waals surface area contributed by atoms with Gasteiger partial charge in [-0.25, -0.2) is 0 Å². The third-order valence-electron chi connectivity index (χ3n) is 3.65. The van der Waals surface area contributed by atoms with Crippen LogP contribution < -0.4 is 0 Å². The number of benzene rings is 1. The number of morpholine rings is 1. The second-order valence-corrected chi connectivity index (χ2v) is 6.64. The fourth-order valence-electron chi connectivity index (χ4n) is 2.34. The summed E-state index contributed by atoms with van der Waals surface area (Å²) in [5.41, 5.74) is 1.19. The predicted octanol–water partition coefficient (Wildman–Crippen LogP) is 2.59. The Balaban J connectivity index is 1.60. The summed E-state index contributed by atoms with van der Waals surface area (Å²) in [5.74, 6) is 1.83. The number of ether oxygens (including phenoxy) is 1. The van der Waals surface area contributed by atoms with Gasteiger partial charge in [0, 0.05) is 30.9 Å². The fourth-order valence-corrected chi connectivity index (χ4v) is 3.43. The summed E-state index contributed by atoms with van der Waals surface area (Å²) in [6.07, 6.45) is 0. The molecule has 2 aromatic rings. The average Bonchev–Trinajstić information content (AvgIpc) is 2.87. The molecule has 22 heavy (non-hydrogen) atoms. The molecule has 1 saturated heterocycles. The molecule has 1 aliphatic rings. The zero-order chi connectivity index (χ0) is 15.4. The van der Waals surface area contributed by atoms with Crippen molar-refractivity contribution in [2.75, 3.05) is 26.3 Å². The smallest absolute Gasteiger partial charge is 0.191 e. The number of aromatic nitrogens is 3. The highest BCUT2D eigenvalue weighted by molar-refractivity contribution is 7.98. The summed E-state index contributed by atoms with van der Waals surface area (Å²) < 4.78 is 7.44. The van der Waals surface area contributed by atoms with Crippen molar-refractivity contribution in [1.82, 2.24) is 19.7 Å². The van der Waals surface area contributed by atoms with Gasteiger partial charge < -0.3 is 9.30 Å². The van der Waals surface area contributed by atoms with Crippen LogP contribution >= 0.6 is 23.4 Å². The molecule has 1 aromatic carbocycles. The van der Waals surface area contributed by atoms with Gasteiger partial charge >= 0.3 is 0 Å². The molecule has 5 nitrogen and oxygen atoms in total. The summed E-state index contributed by atoms with van der Waals surface area (Å²) in [5, 5.41) is 10.3. The molecule has 1 aliphatic heterocycles. The van der Waals surface area contributed by atoms with Gasteiger partial charge in [-0.1, -0.05) is 35.5 Å². The Bertz CT molecular complexity index is 628. The van der Waals surface area contributed by atoms with E-state index in [-0.39, 0.29) is 0 Å². The van der Waals surface area contributed by atoms with Gasteiger partial charge in [0.05, 0.1) is 19.8 Å². The molecule has 1 fully saturated rings. The Kier molecular flexibility index (Phi) is 5.36. The summed E-state index contributed by atoms with van der Waals surface area (Å²) in [7, 11) is 2.02. The lowest BCUT2D eigenvalue weighted by Gasteiger charge is -2.25. The van der Waals surface area contributed by atoms with E-state index in [2.05, 4.69) is 25.7 Å². The van der Waals surface area contributed by atoms with Gasteiger partial charge in [0.1, 0.15) is 5.82 Å². The van der Waals surface area contributed by atoms with Crippen LogP contribution in [-0.4, -0.2) is 46.0 Å². The Morgan fingerprint density at radius 1 is 1.27 bits per heavy atom. The first-order chi connectivity index (χ1) is 10.7. The highest BCUT2D eigenvalue weighted by Gasteiger charge is 2.15. The van der Waals surface area contributed by atoms with Crippen LogP contribution in [0.25, 0.3) is 0 Å². The average molecular weight is 339 g/mol. The highest BCUT2D eigenvalue weighted by Crippen LogP contribution is 2.23. The van der Waals surface area contributed by atoms with E-state index in [0.717, 1.165) is 54.6 Å². The highest BCUT2D eigenvalue weighted by atomic mass is 35.5. The summed E-state index contributed by atoms with van der Waals surface area (Å²) in [4.78, 5) is 2.35. The van der Waals surface area contributed by atoms with Crippen LogP contribution in [0.5, 0.6) is 0 Å². The summed E-state index contributed by atoms with van der Waals surface area (Å²) in [6.45, 7) is 4.34. The van der Waals surface area contributed by atoms with Crippen LogP contribution in [0.4, 0.5) is 0 Å². The Hall–Kier alpha value is -1.08. The summed E-state index contributed by atoms with van der Waals surface area (Å²) >= 11 is 7.69. The van der Waals surface area contributed by atoms with E-state index >= 15 is 0 Å². The van der Waals surface area contributed by atoms with Crippen molar-refractivity contribution < 1.29 is 4.74 Å². The van der Waals surface area contributed by atoms with Crippen molar-refractivity contribution >= 4 is 23.4 Å². The number of nitrogens with zero attached hydrogens (tertiary/aromatic N) is 4. The van der Waals surface area contributed by atoms with Crippen LogP contribution in [0.1, 0.15) is 11.4 Å². The minimum absolute atomic E-state index is 0.768. The zero-order valence-corrected chi connectivity index (χ0v) is 14.1. The van der Waals surface area contributed by atoms with Crippen LogP contribution in [0.3, 0.4) is 0 Å². The predicted molar refractivity (Wildman–Crippen MR) is 88.1 cm³/mol. The second kappa shape index (κ2) is 7.46. The van der Waals surface area contributed by atoms with Crippen LogP contribution in [0.2, 0.25) is 5.02 Å². The molecule has 0 aliphatic carbocycles. The Morgan fingerprint density at radius 2 is 2.09 bits per heavy atom. The molecule has 0 radical (unpaired) electrons. The maximum Gasteiger partial charge on any atom is 0.191 e. The molecule has 1 aromatic heterocycles. The number of halogens is 1. The molecule has 0 amide bonds. The van der Waals surface area contributed by atoms with E-state index < -0.39 is 0 Å². The number of thioether (sulfide) groups is 1. The monoisotopic (exact) mass is 338 g/mol. The topological polar surface area (TPSA) is 43.2 Å². The maximum absolute atomic E-state index is 6.01. The molecule has 0 bridgehead atoms. The molecule has 2 heterocycles. The molecule has 118 valence electrons. The lowest BCUT2D eigenvalue weighted by atomic mass is 10.2. The Morgan fingerprint density at radius 3 is 2.86 bits per heavy atom. The quantitative estimate of drug-likeness (QED) is 0.784. The van der Waals surface area contributed by atoms with Crippen LogP contribution in [0.15, 0.2) is 29.4 Å². The minimum Gasteiger partial charge on any atom is -0.379 e. The van der Waals surface area contributed by atoms with E-state index in [9.17, 15) is 0 Å². The van der Waals surface area contributed by atoms with Crippen molar-refractivity contribution in [3.8, 4) is 0 Å². The van der Waals surface area contributed by atoms with Crippen molar-refractivity contribution in [3.63, 3.8) is 0 Å². The number of rotatable bonds is 5. The number of hydrogen-bond acceptors (Lipinski definition) is 5. The lowest BCUT2D eigenvalue weighted by molar-refractivity contribution is 0.0326. The van der Waals surface area contributed by atoms with Gasteiger partial charge in [0.15, 0.2) is 5.16 Å². The van der Waals surface area contributed by atoms with E-state index in [1.54, 1.807) is 11.8 Å². The van der Waals surface area contributed by atoms with Gasteiger partial charge in [-0.2, -0.15) is 0 Å². The van der Waals surface area contributed by atoms with E-state index in [4.69, 9.17) is 16.3 Å². The zero-order valence-electron chi connectivity index (χ0n) is 12.5. The first kappa shape index (κ1) is 15.8. The summed E-state index contributed by atoms with van der Waals surface area (Å²) in [6, 6.07) is 7.92. The van der Waals surface area contributed by atoms with Crippen molar-refractivity contribution in [2.45, 2.75) is 17.5 Å². The molecule has 0 N–H and O–H groups in total. The largest absolute Gasteiger partial charge is 0.379 e. The van der Waals surface area contributed by atoms with Crippen LogP contribution in [-0.2, 0) is 24.1 Å². The van der Waals surface area contributed by atoms with Crippen molar-refractivity contribution in [3.05, 3.63) is 40.7 Å². The van der Waals surface area contributed by atoms with Gasteiger partial charge in [-0.15, -0.1) is 10.2 Å². The van der Waals surface area contributed by atoms with Gasteiger partial charge in [-0.05, 0) is 17.7 Å². The fraction of sp³-hybridized carbons (Fsp3) is 0.467. The second-order valence-electron chi connectivity index (χ2n) is 5.26. The standard InChI is InChI=1S/C15H19ClN4OS/c1-19-14(10-20-5-7-21-8-6-20)17-18-15(19)22-11-12-3-2-4-13(16)9-12/h2-4,9H,5-8,10-11H2,1H3. The molecular formula is C15H19ClN4OS. The van der Waals surface area contributed by atoms with Crippen molar-refractivity contribution in [2.24, 2.45) is 7.05 Å². The normalized spacial score (nSPS) is 16.1.